The van der Waals surface area contributed by atoms with Gasteiger partial charge in [-0.05, 0) is 30.7 Å². The van der Waals surface area contributed by atoms with E-state index in [2.05, 4.69) is 4.98 Å². The summed E-state index contributed by atoms with van der Waals surface area (Å²) < 4.78 is 5.09. The number of hydrogen-bond acceptors (Lipinski definition) is 3. The Balaban J connectivity index is 2.37. The van der Waals surface area contributed by atoms with Crippen molar-refractivity contribution in [1.82, 2.24) is 4.98 Å². The monoisotopic (exact) mass is 229 g/mol. The lowest BCUT2D eigenvalue weighted by molar-refractivity contribution is 0.102. The molecule has 3 heteroatoms. The molecule has 2 aromatic rings. The third-order valence-corrected chi connectivity index (χ3v) is 2.88. The number of rotatable bonds is 3. The smallest absolute Gasteiger partial charge is 0.118 e. The van der Waals surface area contributed by atoms with E-state index in [1.54, 1.807) is 26.4 Å². The van der Waals surface area contributed by atoms with Crippen LogP contribution in [-0.4, -0.2) is 17.2 Å². The first kappa shape index (κ1) is 11.6. The molecule has 0 fully saturated rings. The molecule has 1 aromatic heterocycles. The van der Waals surface area contributed by atoms with Crippen LogP contribution in [0.25, 0.3) is 0 Å². The second-order valence-electron chi connectivity index (χ2n) is 4.04. The Kier molecular flexibility index (Phi) is 3.11. The normalized spacial score (nSPS) is 14.1. The maximum Gasteiger partial charge on any atom is 0.118 e. The van der Waals surface area contributed by atoms with E-state index in [-0.39, 0.29) is 0 Å². The summed E-state index contributed by atoms with van der Waals surface area (Å²) in [4.78, 5) is 4.03. The highest BCUT2D eigenvalue weighted by Crippen LogP contribution is 2.29. The van der Waals surface area contributed by atoms with Crippen LogP contribution in [0.2, 0.25) is 0 Å². The predicted molar refractivity (Wildman–Crippen MR) is 65.9 cm³/mol. The Morgan fingerprint density at radius 1 is 1.12 bits per heavy atom. The first-order chi connectivity index (χ1) is 8.14. The number of ether oxygens (including phenoxy) is 1. The summed E-state index contributed by atoms with van der Waals surface area (Å²) in [7, 11) is 1.62. The van der Waals surface area contributed by atoms with Gasteiger partial charge in [-0.1, -0.05) is 18.2 Å². The zero-order valence-corrected chi connectivity index (χ0v) is 9.92. The number of hydrogen-bond donors (Lipinski definition) is 1. The van der Waals surface area contributed by atoms with Crippen molar-refractivity contribution < 1.29 is 9.84 Å². The molecular formula is C14H15NO2. The minimum Gasteiger partial charge on any atom is -0.497 e. The standard InChI is InChI=1S/C14H15NO2/c1-14(16,12-4-3-9-15-10-12)11-5-7-13(17-2)8-6-11/h3-10,16H,1-2H3/t14-/m1/s1. The number of aliphatic hydroxyl groups is 1. The van der Waals surface area contributed by atoms with Gasteiger partial charge >= 0.3 is 0 Å². The van der Waals surface area contributed by atoms with Crippen molar-refractivity contribution >= 4 is 0 Å². The van der Waals surface area contributed by atoms with Gasteiger partial charge in [0.05, 0.1) is 7.11 Å². The average Bonchev–Trinajstić information content (AvgIpc) is 2.40. The Morgan fingerprint density at radius 3 is 2.35 bits per heavy atom. The Morgan fingerprint density at radius 2 is 1.82 bits per heavy atom. The summed E-state index contributed by atoms with van der Waals surface area (Å²) in [6.45, 7) is 1.76. The molecule has 17 heavy (non-hydrogen) atoms. The lowest BCUT2D eigenvalue weighted by Crippen LogP contribution is -2.22. The molecule has 1 aromatic carbocycles. The topological polar surface area (TPSA) is 42.4 Å². The summed E-state index contributed by atoms with van der Waals surface area (Å²) in [6.07, 6.45) is 3.36. The molecule has 0 saturated heterocycles. The number of nitrogens with zero attached hydrogens (tertiary/aromatic N) is 1. The third-order valence-electron chi connectivity index (χ3n) is 2.88. The van der Waals surface area contributed by atoms with Gasteiger partial charge in [0, 0.05) is 18.0 Å². The summed E-state index contributed by atoms with van der Waals surface area (Å²) in [5.74, 6) is 0.774. The van der Waals surface area contributed by atoms with Crippen molar-refractivity contribution in [2.24, 2.45) is 0 Å². The van der Waals surface area contributed by atoms with Gasteiger partial charge in [-0.15, -0.1) is 0 Å². The van der Waals surface area contributed by atoms with Crippen LogP contribution in [0, 0.1) is 0 Å². The zero-order valence-electron chi connectivity index (χ0n) is 9.92. The van der Waals surface area contributed by atoms with Crippen LogP contribution < -0.4 is 4.74 Å². The predicted octanol–water partition coefficient (Wildman–Crippen LogP) is 2.35. The fourth-order valence-corrected chi connectivity index (χ4v) is 1.73. The fourth-order valence-electron chi connectivity index (χ4n) is 1.73. The molecule has 1 heterocycles. The van der Waals surface area contributed by atoms with Gasteiger partial charge in [0.15, 0.2) is 0 Å². The molecule has 0 saturated carbocycles. The molecule has 2 rings (SSSR count). The number of pyridine rings is 1. The van der Waals surface area contributed by atoms with Crippen LogP contribution in [0.5, 0.6) is 5.75 Å². The van der Waals surface area contributed by atoms with Crippen molar-refractivity contribution in [1.29, 1.82) is 0 Å². The molecule has 88 valence electrons. The second-order valence-corrected chi connectivity index (χ2v) is 4.04. The minimum atomic E-state index is -1.04. The highest BCUT2D eigenvalue weighted by molar-refractivity contribution is 5.36. The lowest BCUT2D eigenvalue weighted by Gasteiger charge is -2.24. The average molecular weight is 229 g/mol. The third kappa shape index (κ3) is 2.29. The molecular weight excluding hydrogens is 214 g/mol. The van der Waals surface area contributed by atoms with Gasteiger partial charge in [0.25, 0.3) is 0 Å². The maximum atomic E-state index is 10.5. The van der Waals surface area contributed by atoms with Gasteiger partial charge < -0.3 is 9.84 Å². The van der Waals surface area contributed by atoms with Gasteiger partial charge in [-0.3, -0.25) is 4.98 Å². The van der Waals surface area contributed by atoms with Crippen molar-refractivity contribution in [3.63, 3.8) is 0 Å². The highest BCUT2D eigenvalue weighted by Gasteiger charge is 2.25. The maximum absolute atomic E-state index is 10.5. The molecule has 0 bridgehead atoms. The van der Waals surface area contributed by atoms with E-state index in [0.29, 0.717) is 0 Å². The number of benzene rings is 1. The zero-order chi connectivity index (χ0) is 12.3. The van der Waals surface area contributed by atoms with E-state index in [1.165, 1.54) is 0 Å². The second kappa shape index (κ2) is 4.55. The largest absolute Gasteiger partial charge is 0.497 e. The fraction of sp³-hybridized carbons (Fsp3) is 0.214. The van der Waals surface area contributed by atoms with E-state index in [1.807, 2.05) is 36.4 Å². The lowest BCUT2D eigenvalue weighted by atomic mass is 9.89. The van der Waals surface area contributed by atoms with Crippen LogP contribution in [0.3, 0.4) is 0 Å². The Hall–Kier alpha value is -1.87. The van der Waals surface area contributed by atoms with Crippen LogP contribution in [-0.2, 0) is 5.60 Å². The molecule has 0 radical (unpaired) electrons. The SMILES string of the molecule is COc1ccc([C@@](C)(O)c2cccnc2)cc1. The van der Waals surface area contributed by atoms with Crippen LogP contribution in [0.1, 0.15) is 18.1 Å². The molecule has 0 aliphatic heterocycles. The minimum absolute atomic E-state index is 0.769. The molecule has 0 aliphatic rings. The van der Waals surface area contributed by atoms with Crippen molar-refractivity contribution in [3.05, 3.63) is 59.9 Å². The van der Waals surface area contributed by atoms with E-state index in [9.17, 15) is 5.11 Å². The van der Waals surface area contributed by atoms with E-state index < -0.39 is 5.60 Å². The first-order valence-electron chi connectivity index (χ1n) is 5.42. The molecule has 0 amide bonds. The number of methoxy groups -OCH3 is 1. The Labute approximate surface area is 101 Å². The van der Waals surface area contributed by atoms with E-state index in [0.717, 1.165) is 16.9 Å². The summed E-state index contributed by atoms with van der Waals surface area (Å²) >= 11 is 0. The molecule has 0 aliphatic carbocycles. The van der Waals surface area contributed by atoms with Crippen molar-refractivity contribution in [2.75, 3.05) is 7.11 Å². The van der Waals surface area contributed by atoms with Gasteiger partial charge in [0.2, 0.25) is 0 Å². The van der Waals surface area contributed by atoms with Gasteiger partial charge in [0.1, 0.15) is 11.4 Å². The summed E-state index contributed by atoms with van der Waals surface area (Å²) in [5.41, 5.74) is 0.539. The summed E-state index contributed by atoms with van der Waals surface area (Å²) in [5, 5.41) is 10.5. The quantitative estimate of drug-likeness (QED) is 0.878. The molecule has 0 spiro atoms. The highest BCUT2D eigenvalue weighted by atomic mass is 16.5. The van der Waals surface area contributed by atoms with E-state index >= 15 is 0 Å². The molecule has 0 unspecified atom stereocenters. The van der Waals surface area contributed by atoms with E-state index in [4.69, 9.17) is 4.74 Å². The number of aromatic nitrogens is 1. The van der Waals surface area contributed by atoms with Crippen LogP contribution >= 0.6 is 0 Å². The van der Waals surface area contributed by atoms with Crippen molar-refractivity contribution in [2.45, 2.75) is 12.5 Å². The van der Waals surface area contributed by atoms with Crippen LogP contribution in [0.15, 0.2) is 48.8 Å². The summed E-state index contributed by atoms with van der Waals surface area (Å²) in [6, 6.07) is 11.0. The Bertz CT molecular complexity index is 477. The van der Waals surface area contributed by atoms with Gasteiger partial charge in [-0.2, -0.15) is 0 Å². The van der Waals surface area contributed by atoms with Crippen molar-refractivity contribution in [3.8, 4) is 5.75 Å². The molecule has 1 atom stereocenters. The molecule has 3 nitrogen and oxygen atoms in total. The van der Waals surface area contributed by atoms with Gasteiger partial charge in [-0.25, -0.2) is 0 Å². The first-order valence-corrected chi connectivity index (χ1v) is 5.42. The molecule has 1 N–H and O–H groups in total. The van der Waals surface area contributed by atoms with Crippen LogP contribution in [0.4, 0.5) is 0 Å².